The molecule has 1 aromatic carbocycles. The fourth-order valence-corrected chi connectivity index (χ4v) is 2.39. The van der Waals surface area contributed by atoms with E-state index in [1.54, 1.807) is 0 Å². The van der Waals surface area contributed by atoms with Crippen molar-refractivity contribution in [3.05, 3.63) is 34.9 Å². The zero-order valence-corrected chi connectivity index (χ0v) is 9.86. The van der Waals surface area contributed by atoms with Crippen molar-refractivity contribution in [2.45, 2.75) is 33.1 Å². The van der Waals surface area contributed by atoms with Gasteiger partial charge in [-0.05, 0) is 44.6 Å². The van der Waals surface area contributed by atoms with Crippen LogP contribution in [-0.4, -0.2) is 11.1 Å². The molecular weight excluding hydrogens is 200 g/mol. The first-order valence-electron chi connectivity index (χ1n) is 5.86. The molecule has 0 heterocycles. The molecule has 1 fully saturated rings. The summed E-state index contributed by atoms with van der Waals surface area (Å²) < 4.78 is 0. The van der Waals surface area contributed by atoms with Gasteiger partial charge < -0.3 is 5.11 Å². The highest BCUT2D eigenvalue weighted by atomic mass is 16.4. The van der Waals surface area contributed by atoms with Crippen LogP contribution in [0.3, 0.4) is 0 Å². The van der Waals surface area contributed by atoms with Gasteiger partial charge in [-0.2, -0.15) is 0 Å². The summed E-state index contributed by atoms with van der Waals surface area (Å²) in [7, 11) is 0. The molecule has 0 saturated heterocycles. The molecule has 1 atom stereocenters. The van der Waals surface area contributed by atoms with Crippen LogP contribution in [0.2, 0.25) is 0 Å². The second-order valence-electron chi connectivity index (χ2n) is 4.98. The Balaban J connectivity index is 2.14. The first kappa shape index (κ1) is 11.2. The van der Waals surface area contributed by atoms with Crippen LogP contribution in [0.15, 0.2) is 18.2 Å². The topological polar surface area (TPSA) is 37.3 Å². The van der Waals surface area contributed by atoms with E-state index < -0.39 is 5.97 Å². The summed E-state index contributed by atoms with van der Waals surface area (Å²) in [4.78, 5) is 11.2. The van der Waals surface area contributed by atoms with Crippen molar-refractivity contribution in [1.82, 2.24) is 0 Å². The number of hydrogen-bond donors (Lipinski definition) is 1. The van der Waals surface area contributed by atoms with Crippen molar-refractivity contribution in [1.29, 1.82) is 0 Å². The minimum atomic E-state index is -0.637. The van der Waals surface area contributed by atoms with E-state index in [0.717, 1.165) is 18.4 Å². The summed E-state index contributed by atoms with van der Waals surface area (Å²) in [5, 5.41) is 9.18. The van der Waals surface area contributed by atoms with Crippen LogP contribution in [0.25, 0.3) is 0 Å². The number of benzene rings is 1. The van der Waals surface area contributed by atoms with Gasteiger partial charge in [0.05, 0.1) is 5.92 Å². The normalized spacial score (nSPS) is 17.1. The van der Waals surface area contributed by atoms with E-state index in [2.05, 4.69) is 32.0 Å². The van der Waals surface area contributed by atoms with Gasteiger partial charge in [0.25, 0.3) is 0 Å². The van der Waals surface area contributed by atoms with Gasteiger partial charge in [-0.25, -0.2) is 0 Å². The van der Waals surface area contributed by atoms with Crippen LogP contribution in [-0.2, 0) is 11.2 Å². The van der Waals surface area contributed by atoms with Gasteiger partial charge in [-0.3, -0.25) is 4.79 Å². The van der Waals surface area contributed by atoms with Crippen LogP contribution in [0, 0.1) is 25.7 Å². The third-order valence-electron chi connectivity index (χ3n) is 3.25. The lowest BCUT2D eigenvalue weighted by Gasteiger charge is -2.12. The molecule has 86 valence electrons. The monoisotopic (exact) mass is 218 g/mol. The lowest BCUT2D eigenvalue weighted by atomic mass is 9.93. The maximum absolute atomic E-state index is 11.2. The van der Waals surface area contributed by atoms with Gasteiger partial charge in [0.15, 0.2) is 0 Å². The van der Waals surface area contributed by atoms with Crippen LogP contribution in [0.1, 0.15) is 29.5 Å². The maximum atomic E-state index is 11.2. The Morgan fingerprint density at radius 3 is 2.31 bits per heavy atom. The van der Waals surface area contributed by atoms with Crippen LogP contribution >= 0.6 is 0 Å². The van der Waals surface area contributed by atoms with Crippen molar-refractivity contribution in [3.8, 4) is 0 Å². The molecule has 2 rings (SSSR count). The van der Waals surface area contributed by atoms with Gasteiger partial charge in [0.1, 0.15) is 0 Å². The number of carbonyl (C=O) groups is 1. The Labute approximate surface area is 96.3 Å². The van der Waals surface area contributed by atoms with Crippen LogP contribution in [0.5, 0.6) is 0 Å². The predicted octanol–water partition coefficient (Wildman–Crippen LogP) is 2.96. The summed E-state index contributed by atoms with van der Waals surface area (Å²) in [5.41, 5.74) is 3.60. The van der Waals surface area contributed by atoms with Crippen molar-refractivity contribution in [2.75, 3.05) is 0 Å². The van der Waals surface area contributed by atoms with Crippen molar-refractivity contribution in [3.63, 3.8) is 0 Å². The molecule has 0 aliphatic heterocycles. The largest absolute Gasteiger partial charge is 0.481 e. The predicted molar refractivity (Wildman–Crippen MR) is 63.5 cm³/mol. The van der Waals surface area contributed by atoms with Gasteiger partial charge in [0.2, 0.25) is 0 Å². The number of carboxylic acids is 1. The minimum Gasteiger partial charge on any atom is -0.481 e. The fraction of sp³-hybridized carbons (Fsp3) is 0.500. The molecule has 2 nitrogen and oxygen atoms in total. The van der Waals surface area contributed by atoms with E-state index >= 15 is 0 Å². The second kappa shape index (κ2) is 4.28. The van der Waals surface area contributed by atoms with E-state index in [1.165, 1.54) is 11.1 Å². The standard InChI is InChI=1S/C14H18O2/c1-9-5-10(2)7-11(6-9)8-13(14(15)16)12-3-4-12/h5-7,12-13H,3-4,8H2,1-2H3,(H,15,16). The van der Waals surface area contributed by atoms with Crippen molar-refractivity contribution >= 4 is 5.97 Å². The summed E-state index contributed by atoms with van der Waals surface area (Å²) in [6.07, 6.45) is 2.85. The number of aryl methyl sites for hydroxylation is 2. The van der Waals surface area contributed by atoms with E-state index in [9.17, 15) is 9.90 Å². The average molecular weight is 218 g/mol. The highest BCUT2D eigenvalue weighted by Crippen LogP contribution is 2.38. The summed E-state index contributed by atoms with van der Waals surface area (Å²) in [5.74, 6) is -0.402. The Hall–Kier alpha value is -1.31. The van der Waals surface area contributed by atoms with Gasteiger partial charge in [0, 0.05) is 0 Å². The molecule has 16 heavy (non-hydrogen) atoms. The quantitative estimate of drug-likeness (QED) is 0.843. The Bertz CT molecular complexity index is 385. The van der Waals surface area contributed by atoms with Gasteiger partial charge in [-0.15, -0.1) is 0 Å². The molecule has 1 N–H and O–H groups in total. The highest BCUT2D eigenvalue weighted by Gasteiger charge is 2.35. The highest BCUT2D eigenvalue weighted by molar-refractivity contribution is 5.71. The number of carboxylic acid groups (broad SMARTS) is 1. The molecule has 1 saturated carbocycles. The molecule has 0 bridgehead atoms. The lowest BCUT2D eigenvalue weighted by molar-refractivity contribution is -0.142. The summed E-state index contributed by atoms with van der Waals surface area (Å²) >= 11 is 0. The summed E-state index contributed by atoms with van der Waals surface area (Å²) in [6, 6.07) is 6.33. The van der Waals surface area contributed by atoms with E-state index in [1.807, 2.05) is 0 Å². The number of rotatable bonds is 4. The molecule has 0 amide bonds. The molecule has 2 heteroatoms. The van der Waals surface area contributed by atoms with Crippen molar-refractivity contribution in [2.24, 2.45) is 11.8 Å². The van der Waals surface area contributed by atoms with E-state index in [-0.39, 0.29) is 5.92 Å². The third-order valence-corrected chi connectivity index (χ3v) is 3.25. The van der Waals surface area contributed by atoms with Crippen LogP contribution < -0.4 is 0 Å². The summed E-state index contributed by atoms with van der Waals surface area (Å²) in [6.45, 7) is 4.12. The zero-order chi connectivity index (χ0) is 11.7. The lowest BCUT2D eigenvalue weighted by Crippen LogP contribution is -2.18. The van der Waals surface area contributed by atoms with Crippen LogP contribution in [0.4, 0.5) is 0 Å². The van der Waals surface area contributed by atoms with E-state index in [4.69, 9.17) is 0 Å². The Kier molecular flexibility index (Phi) is 2.99. The average Bonchev–Trinajstić information content (AvgIpc) is 2.95. The Morgan fingerprint density at radius 2 is 1.88 bits per heavy atom. The molecule has 1 unspecified atom stereocenters. The minimum absolute atomic E-state index is 0.179. The van der Waals surface area contributed by atoms with Gasteiger partial charge in [-0.1, -0.05) is 29.3 Å². The fourth-order valence-electron chi connectivity index (χ4n) is 2.39. The molecule has 0 spiro atoms. The first-order valence-corrected chi connectivity index (χ1v) is 5.86. The first-order chi connectivity index (χ1) is 7.56. The molecule has 1 aliphatic rings. The van der Waals surface area contributed by atoms with Gasteiger partial charge >= 0.3 is 5.97 Å². The third kappa shape index (κ3) is 2.63. The molecule has 1 aromatic rings. The second-order valence-corrected chi connectivity index (χ2v) is 4.98. The molecular formula is C14H18O2. The smallest absolute Gasteiger partial charge is 0.307 e. The number of hydrogen-bond acceptors (Lipinski definition) is 1. The Morgan fingerprint density at radius 1 is 1.31 bits per heavy atom. The van der Waals surface area contributed by atoms with Crippen molar-refractivity contribution < 1.29 is 9.90 Å². The van der Waals surface area contributed by atoms with E-state index in [0.29, 0.717) is 12.3 Å². The molecule has 0 aromatic heterocycles. The molecule has 1 aliphatic carbocycles. The maximum Gasteiger partial charge on any atom is 0.307 e. The zero-order valence-electron chi connectivity index (χ0n) is 9.86. The molecule has 0 radical (unpaired) electrons. The SMILES string of the molecule is Cc1cc(C)cc(CC(C(=O)O)C2CC2)c1. The number of aliphatic carboxylic acids is 1.